The summed E-state index contributed by atoms with van der Waals surface area (Å²) in [5.74, 6) is -0.739. The molecule has 0 aliphatic rings. The number of aryl methyl sites for hydroxylation is 1. The first-order valence-corrected chi connectivity index (χ1v) is 6.17. The van der Waals surface area contributed by atoms with E-state index in [0.717, 1.165) is 25.2 Å². The van der Waals surface area contributed by atoms with Gasteiger partial charge in [0, 0.05) is 13.0 Å². The zero-order chi connectivity index (χ0) is 12.7. The summed E-state index contributed by atoms with van der Waals surface area (Å²) in [6.45, 7) is 7.39. The molecule has 0 aromatic heterocycles. The highest BCUT2D eigenvalue weighted by Crippen LogP contribution is 2.09. The van der Waals surface area contributed by atoms with Gasteiger partial charge in [-0.05, 0) is 30.6 Å². The summed E-state index contributed by atoms with van der Waals surface area (Å²) in [6, 6.07) is 8.24. The molecular weight excluding hydrogens is 250 g/mol. The van der Waals surface area contributed by atoms with Crippen LogP contribution in [0.1, 0.15) is 31.4 Å². The molecule has 18 heavy (non-hydrogen) atoms. The van der Waals surface area contributed by atoms with Crippen LogP contribution in [0.3, 0.4) is 0 Å². The average Bonchev–Trinajstić information content (AvgIpc) is 2.34. The normalized spacial score (nSPS) is 10.2. The predicted molar refractivity (Wildman–Crippen MR) is 76.3 cm³/mol. The van der Waals surface area contributed by atoms with Gasteiger partial charge in [0.1, 0.15) is 0 Å². The fourth-order valence-electron chi connectivity index (χ4n) is 1.77. The van der Waals surface area contributed by atoms with Gasteiger partial charge in [-0.1, -0.05) is 38.1 Å². The van der Waals surface area contributed by atoms with Gasteiger partial charge >= 0.3 is 5.97 Å². The van der Waals surface area contributed by atoms with Crippen molar-refractivity contribution < 1.29 is 9.90 Å². The Kier molecular flexibility index (Phi) is 8.42. The maximum Gasteiger partial charge on any atom is 0.303 e. The molecule has 1 N–H and O–H groups in total. The van der Waals surface area contributed by atoms with Crippen LogP contribution in [0.2, 0.25) is 0 Å². The number of carboxylic acid groups (broad SMARTS) is 1. The van der Waals surface area contributed by atoms with E-state index in [1.165, 1.54) is 5.56 Å². The number of carboxylic acids is 1. The molecule has 0 spiro atoms. The van der Waals surface area contributed by atoms with E-state index in [0.29, 0.717) is 6.42 Å². The summed E-state index contributed by atoms with van der Waals surface area (Å²) in [4.78, 5) is 12.8. The van der Waals surface area contributed by atoms with Crippen molar-refractivity contribution in [3.05, 3.63) is 35.4 Å². The molecule has 0 unspecified atom stereocenters. The molecule has 0 aliphatic heterocycles. The Balaban J connectivity index is 0.00000289. The van der Waals surface area contributed by atoms with Gasteiger partial charge in [-0.2, -0.15) is 0 Å². The first kappa shape index (κ1) is 16.9. The highest BCUT2D eigenvalue weighted by Gasteiger charge is 2.02. The minimum absolute atomic E-state index is 0. The van der Waals surface area contributed by atoms with E-state index >= 15 is 0 Å². The van der Waals surface area contributed by atoms with Crippen LogP contribution >= 0.6 is 12.4 Å². The van der Waals surface area contributed by atoms with Crippen LogP contribution in [0, 0.1) is 0 Å². The maximum atomic E-state index is 10.5. The Hall–Kier alpha value is -1.06. The second-order valence-electron chi connectivity index (χ2n) is 4.17. The van der Waals surface area contributed by atoms with Crippen LogP contribution < -0.4 is 0 Å². The Labute approximate surface area is 115 Å². The van der Waals surface area contributed by atoms with Gasteiger partial charge < -0.3 is 5.11 Å². The number of halogens is 1. The molecule has 0 saturated carbocycles. The van der Waals surface area contributed by atoms with Crippen molar-refractivity contribution >= 4 is 18.4 Å². The lowest BCUT2D eigenvalue weighted by atomic mass is 10.1. The van der Waals surface area contributed by atoms with Crippen LogP contribution in [0.4, 0.5) is 0 Å². The fraction of sp³-hybridized carbons (Fsp3) is 0.500. The van der Waals surface area contributed by atoms with Gasteiger partial charge in [0.2, 0.25) is 0 Å². The molecule has 0 atom stereocenters. The topological polar surface area (TPSA) is 40.5 Å². The SMILES string of the molecule is CCN(CC)Cc1ccc(CCC(=O)O)cc1.Cl. The molecule has 0 saturated heterocycles. The number of benzene rings is 1. The lowest BCUT2D eigenvalue weighted by Crippen LogP contribution is -2.22. The summed E-state index contributed by atoms with van der Waals surface area (Å²) in [5, 5.41) is 8.61. The molecule has 0 heterocycles. The summed E-state index contributed by atoms with van der Waals surface area (Å²) in [5.41, 5.74) is 2.38. The number of hydrogen-bond acceptors (Lipinski definition) is 2. The number of hydrogen-bond donors (Lipinski definition) is 1. The lowest BCUT2D eigenvalue weighted by Gasteiger charge is -2.18. The zero-order valence-corrected chi connectivity index (χ0v) is 11.9. The third-order valence-electron chi connectivity index (χ3n) is 2.95. The molecule has 0 bridgehead atoms. The second kappa shape index (κ2) is 8.95. The van der Waals surface area contributed by atoms with Gasteiger partial charge in [0.05, 0.1) is 0 Å². The molecule has 0 fully saturated rings. The van der Waals surface area contributed by atoms with Gasteiger partial charge in [0.15, 0.2) is 0 Å². The number of aliphatic carboxylic acids is 1. The van der Waals surface area contributed by atoms with E-state index in [1.807, 2.05) is 12.1 Å². The van der Waals surface area contributed by atoms with Crippen LogP contribution in [0.15, 0.2) is 24.3 Å². The maximum absolute atomic E-state index is 10.5. The van der Waals surface area contributed by atoms with Gasteiger partial charge in [0.25, 0.3) is 0 Å². The minimum atomic E-state index is -0.739. The Morgan fingerprint density at radius 2 is 1.61 bits per heavy atom. The van der Waals surface area contributed by atoms with Crippen LogP contribution in [0.25, 0.3) is 0 Å². The highest BCUT2D eigenvalue weighted by molar-refractivity contribution is 5.85. The first-order chi connectivity index (χ1) is 8.15. The Bertz CT molecular complexity index is 347. The Morgan fingerprint density at radius 3 is 2.06 bits per heavy atom. The summed E-state index contributed by atoms with van der Waals surface area (Å²) in [6.07, 6.45) is 0.816. The molecule has 1 rings (SSSR count). The Morgan fingerprint density at radius 1 is 1.11 bits per heavy atom. The molecule has 102 valence electrons. The number of carbonyl (C=O) groups is 1. The van der Waals surface area contributed by atoms with Crippen molar-refractivity contribution in [3.8, 4) is 0 Å². The number of rotatable bonds is 7. The zero-order valence-electron chi connectivity index (χ0n) is 11.1. The monoisotopic (exact) mass is 271 g/mol. The standard InChI is InChI=1S/C14H21NO2.ClH/c1-3-15(4-2)11-13-7-5-12(6-8-13)9-10-14(16)17;/h5-8H,3-4,9-11H2,1-2H3,(H,16,17);1H. The van der Waals surface area contributed by atoms with Crippen molar-refractivity contribution in [2.24, 2.45) is 0 Å². The molecule has 1 aromatic carbocycles. The molecule has 0 aliphatic carbocycles. The summed E-state index contributed by atoms with van der Waals surface area (Å²) in [7, 11) is 0. The van der Waals surface area contributed by atoms with E-state index in [1.54, 1.807) is 0 Å². The van der Waals surface area contributed by atoms with E-state index in [-0.39, 0.29) is 18.8 Å². The second-order valence-corrected chi connectivity index (χ2v) is 4.17. The van der Waals surface area contributed by atoms with Crippen molar-refractivity contribution in [3.63, 3.8) is 0 Å². The quantitative estimate of drug-likeness (QED) is 0.829. The van der Waals surface area contributed by atoms with Gasteiger partial charge in [-0.15, -0.1) is 12.4 Å². The predicted octanol–water partition coefficient (Wildman–Crippen LogP) is 2.97. The van der Waals surface area contributed by atoms with Gasteiger partial charge in [-0.3, -0.25) is 9.69 Å². The first-order valence-electron chi connectivity index (χ1n) is 6.17. The van der Waals surface area contributed by atoms with Crippen molar-refractivity contribution in [1.82, 2.24) is 4.90 Å². The van der Waals surface area contributed by atoms with Crippen molar-refractivity contribution in [1.29, 1.82) is 0 Å². The molecule has 0 amide bonds. The molecule has 3 nitrogen and oxygen atoms in total. The highest BCUT2D eigenvalue weighted by atomic mass is 35.5. The van der Waals surface area contributed by atoms with Crippen LogP contribution in [-0.2, 0) is 17.8 Å². The largest absolute Gasteiger partial charge is 0.481 e. The molecule has 0 radical (unpaired) electrons. The van der Waals surface area contributed by atoms with Crippen LogP contribution in [-0.4, -0.2) is 29.1 Å². The lowest BCUT2D eigenvalue weighted by molar-refractivity contribution is -0.136. The average molecular weight is 272 g/mol. The molecule has 1 aromatic rings. The molecule has 4 heteroatoms. The van der Waals surface area contributed by atoms with Crippen molar-refractivity contribution in [2.75, 3.05) is 13.1 Å². The third kappa shape index (κ3) is 6.03. The van der Waals surface area contributed by atoms with E-state index in [2.05, 4.69) is 30.9 Å². The van der Waals surface area contributed by atoms with Gasteiger partial charge in [-0.25, -0.2) is 0 Å². The summed E-state index contributed by atoms with van der Waals surface area (Å²) < 4.78 is 0. The molecular formula is C14H22ClNO2. The fourth-order valence-corrected chi connectivity index (χ4v) is 1.77. The van der Waals surface area contributed by atoms with E-state index in [9.17, 15) is 4.79 Å². The third-order valence-corrected chi connectivity index (χ3v) is 2.95. The summed E-state index contributed by atoms with van der Waals surface area (Å²) >= 11 is 0. The van der Waals surface area contributed by atoms with E-state index in [4.69, 9.17) is 5.11 Å². The minimum Gasteiger partial charge on any atom is -0.481 e. The van der Waals surface area contributed by atoms with Crippen molar-refractivity contribution in [2.45, 2.75) is 33.2 Å². The smallest absolute Gasteiger partial charge is 0.303 e. The van der Waals surface area contributed by atoms with Crippen LogP contribution in [0.5, 0.6) is 0 Å². The number of nitrogens with zero attached hydrogens (tertiary/aromatic N) is 1. The van der Waals surface area contributed by atoms with E-state index < -0.39 is 5.97 Å².